The molecular formula is C14H22ClN3. The van der Waals surface area contributed by atoms with Crippen LogP contribution in [0.1, 0.15) is 12.5 Å². The van der Waals surface area contributed by atoms with Gasteiger partial charge in [0.05, 0.1) is 0 Å². The highest BCUT2D eigenvalue weighted by Gasteiger charge is 2.31. The van der Waals surface area contributed by atoms with Crippen molar-refractivity contribution in [2.75, 3.05) is 32.9 Å². The zero-order chi connectivity index (χ0) is 13.3. The summed E-state index contributed by atoms with van der Waals surface area (Å²) in [5, 5.41) is 0.774. The molecule has 0 bridgehead atoms. The molecule has 1 heterocycles. The number of nitrogens with two attached hydrogens (primary N) is 1. The highest BCUT2D eigenvalue weighted by atomic mass is 35.5. The van der Waals surface area contributed by atoms with Crippen LogP contribution in [0.15, 0.2) is 18.2 Å². The minimum absolute atomic E-state index is 0.619. The van der Waals surface area contributed by atoms with E-state index in [4.69, 9.17) is 17.3 Å². The number of rotatable bonds is 3. The Labute approximate surface area is 115 Å². The van der Waals surface area contributed by atoms with Crippen molar-refractivity contribution >= 4 is 17.3 Å². The summed E-state index contributed by atoms with van der Waals surface area (Å²) < 4.78 is 0. The summed E-state index contributed by atoms with van der Waals surface area (Å²) >= 11 is 6.23. The van der Waals surface area contributed by atoms with Gasteiger partial charge in [0.15, 0.2) is 0 Å². The normalized spacial score (nSPS) is 24.9. The summed E-state index contributed by atoms with van der Waals surface area (Å²) in [7, 11) is 4.29. The molecule has 2 N–H and O–H groups in total. The lowest BCUT2D eigenvalue weighted by Crippen LogP contribution is -2.34. The molecule has 2 atom stereocenters. The molecule has 2 rings (SSSR count). The summed E-state index contributed by atoms with van der Waals surface area (Å²) in [6.45, 7) is 5.34. The summed E-state index contributed by atoms with van der Waals surface area (Å²) in [5.74, 6) is 0.684. The van der Waals surface area contributed by atoms with Gasteiger partial charge in [0.1, 0.15) is 0 Å². The molecule has 18 heavy (non-hydrogen) atoms. The zero-order valence-electron chi connectivity index (χ0n) is 11.4. The van der Waals surface area contributed by atoms with E-state index in [0.29, 0.717) is 12.0 Å². The fourth-order valence-corrected chi connectivity index (χ4v) is 3.06. The van der Waals surface area contributed by atoms with Crippen molar-refractivity contribution in [3.8, 4) is 0 Å². The second kappa shape index (κ2) is 5.47. The van der Waals surface area contributed by atoms with E-state index >= 15 is 0 Å². The summed E-state index contributed by atoms with van der Waals surface area (Å²) in [6.07, 6.45) is 0. The molecule has 100 valence electrons. The quantitative estimate of drug-likeness (QED) is 0.853. The first-order chi connectivity index (χ1) is 8.49. The van der Waals surface area contributed by atoms with E-state index in [2.05, 4.69) is 30.8 Å². The van der Waals surface area contributed by atoms with Gasteiger partial charge in [-0.2, -0.15) is 0 Å². The standard InChI is InChI=1S/C14H22ClN3/c1-10-7-18(9-14(10)17(2)3)8-11-12(15)5-4-6-13(11)16/h4-6,10,14H,7-9,16H2,1-3H3. The number of hydrogen-bond donors (Lipinski definition) is 1. The van der Waals surface area contributed by atoms with E-state index in [1.165, 1.54) is 0 Å². The van der Waals surface area contributed by atoms with E-state index in [1.54, 1.807) is 0 Å². The molecule has 0 amide bonds. The van der Waals surface area contributed by atoms with Crippen LogP contribution in [0.2, 0.25) is 5.02 Å². The monoisotopic (exact) mass is 267 g/mol. The number of nitrogens with zero attached hydrogens (tertiary/aromatic N) is 2. The summed E-state index contributed by atoms with van der Waals surface area (Å²) in [5.41, 5.74) is 7.86. The number of anilines is 1. The minimum Gasteiger partial charge on any atom is -0.398 e. The van der Waals surface area contributed by atoms with Crippen molar-refractivity contribution in [2.45, 2.75) is 19.5 Å². The van der Waals surface area contributed by atoms with E-state index < -0.39 is 0 Å². The van der Waals surface area contributed by atoms with Crippen molar-refractivity contribution in [3.05, 3.63) is 28.8 Å². The van der Waals surface area contributed by atoms with Crippen LogP contribution in [0.5, 0.6) is 0 Å². The Morgan fingerprint density at radius 2 is 2.11 bits per heavy atom. The van der Waals surface area contributed by atoms with Crippen molar-refractivity contribution < 1.29 is 0 Å². The van der Waals surface area contributed by atoms with Gasteiger partial charge in [-0.1, -0.05) is 24.6 Å². The smallest absolute Gasteiger partial charge is 0.0471 e. The average molecular weight is 268 g/mol. The molecule has 3 nitrogen and oxygen atoms in total. The van der Waals surface area contributed by atoms with Crippen LogP contribution in [0, 0.1) is 5.92 Å². The van der Waals surface area contributed by atoms with Crippen molar-refractivity contribution in [3.63, 3.8) is 0 Å². The van der Waals surface area contributed by atoms with Crippen LogP contribution < -0.4 is 5.73 Å². The van der Waals surface area contributed by atoms with Gasteiger partial charge in [-0.05, 0) is 32.1 Å². The zero-order valence-corrected chi connectivity index (χ0v) is 12.1. The Hall–Kier alpha value is -0.770. The molecule has 0 aliphatic carbocycles. The van der Waals surface area contributed by atoms with E-state index in [-0.39, 0.29) is 0 Å². The highest BCUT2D eigenvalue weighted by molar-refractivity contribution is 6.31. The lowest BCUT2D eigenvalue weighted by Gasteiger charge is -2.23. The number of hydrogen-bond acceptors (Lipinski definition) is 3. The first-order valence-electron chi connectivity index (χ1n) is 6.40. The van der Waals surface area contributed by atoms with Crippen LogP contribution in [0.3, 0.4) is 0 Å². The lowest BCUT2D eigenvalue weighted by molar-refractivity contribution is 0.250. The third kappa shape index (κ3) is 2.79. The molecule has 0 spiro atoms. The molecule has 1 fully saturated rings. The van der Waals surface area contributed by atoms with Crippen LogP contribution in [-0.2, 0) is 6.54 Å². The number of nitrogen functional groups attached to an aromatic ring is 1. The van der Waals surface area contributed by atoms with Crippen LogP contribution in [-0.4, -0.2) is 43.0 Å². The molecule has 0 radical (unpaired) electrons. The van der Waals surface area contributed by atoms with Crippen molar-refractivity contribution in [1.29, 1.82) is 0 Å². The van der Waals surface area contributed by atoms with Crippen LogP contribution in [0.25, 0.3) is 0 Å². The second-order valence-corrected chi connectivity index (χ2v) is 5.92. The molecule has 1 aromatic rings. The van der Waals surface area contributed by atoms with Gasteiger partial charge in [-0.15, -0.1) is 0 Å². The first-order valence-corrected chi connectivity index (χ1v) is 6.78. The largest absolute Gasteiger partial charge is 0.398 e. The lowest BCUT2D eigenvalue weighted by atomic mass is 10.1. The molecule has 1 aromatic carbocycles. The fourth-order valence-electron chi connectivity index (χ4n) is 2.82. The van der Waals surface area contributed by atoms with Crippen LogP contribution >= 0.6 is 11.6 Å². The molecule has 2 unspecified atom stereocenters. The van der Waals surface area contributed by atoms with E-state index in [0.717, 1.165) is 35.9 Å². The Bertz CT molecular complexity index is 399. The fraction of sp³-hybridized carbons (Fsp3) is 0.571. The molecule has 0 saturated carbocycles. The van der Waals surface area contributed by atoms with Crippen molar-refractivity contribution in [1.82, 2.24) is 9.80 Å². The molecule has 1 aliphatic rings. The minimum atomic E-state index is 0.619. The average Bonchev–Trinajstić information content (AvgIpc) is 2.65. The maximum atomic E-state index is 6.23. The number of benzene rings is 1. The Morgan fingerprint density at radius 1 is 1.39 bits per heavy atom. The van der Waals surface area contributed by atoms with Gasteiger partial charge >= 0.3 is 0 Å². The van der Waals surface area contributed by atoms with Gasteiger partial charge in [0.2, 0.25) is 0 Å². The summed E-state index contributed by atoms with van der Waals surface area (Å²) in [4.78, 5) is 4.74. The first kappa shape index (κ1) is 13.7. The van der Waals surface area contributed by atoms with Gasteiger partial charge < -0.3 is 10.6 Å². The van der Waals surface area contributed by atoms with E-state index in [9.17, 15) is 0 Å². The maximum absolute atomic E-state index is 6.23. The third-order valence-electron chi connectivity index (χ3n) is 3.85. The molecule has 0 aromatic heterocycles. The molecule has 1 aliphatic heterocycles. The third-order valence-corrected chi connectivity index (χ3v) is 4.20. The molecule has 1 saturated heterocycles. The Morgan fingerprint density at radius 3 is 2.67 bits per heavy atom. The van der Waals surface area contributed by atoms with Gasteiger partial charge in [-0.25, -0.2) is 0 Å². The predicted octanol–water partition coefficient (Wildman–Crippen LogP) is 2.30. The van der Waals surface area contributed by atoms with Gasteiger partial charge in [0, 0.05) is 41.9 Å². The molecule has 4 heteroatoms. The Kier molecular flexibility index (Phi) is 4.15. The SMILES string of the molecule is CC1CN(Cc2c(N)cccc2Cl)CC1N(C)C. The number of likely N-dealkylation sites (tertiary alicyclic amines) is 1. The second-order valence-electron chi connectivity index (χ2n) is 5.51. The Balaban J connectivity index is 2.08. The van der Waals surface area contributed by atoms with Gasteiger partial charge in [-0.3, -0.25) is 4.90 Å². The summed E-state index contributed by atoms with van der Waals surface area (Å²) in [6, 6.07) is 6.35. The topological polar surface area (TPSA) is 32.5 Å². The highest BCUT2D eigenvalue weighted by Crippen LogP contribution is 2.27. The number of halogens is 1. The van der Waals surface area contributed by atoms with Crippen molar-refractivity contribution in [2.24, 2.45) is 5.92 Å². The maximum Gasteiger partial charge on any atom is 0.0471 e. The molecular weight excluding hydrogens is 246 g/mol. The van der Waals surface area contributed by atoms with E-state index in [1.807, 2.05) is 18.2 Å². The van der Waals surface area contributed by atoms with Gasteiger partial charge in [0.25, 0.3) is 0 Å². The predicted molar refractivity (Wildman–Crippen MR) is 77.8 cm³/mol. The number of likely N-dealkylation sites (N-methyl/N-ethyl adjacent to an activating group) is 1. The van der Waals surface area contributed by atoms with Crippen LogP contribution in [0.4, 0.5) is 5.69 Å².